The molecule has 0 bridgehead atoms. The smallest absolute Gasteiger partial charge is 0.744 e. The number of aromatic hydroxyl groups is 2. The summed E-state index contributed by atoms with van der Waals surface area (Å²) < 4.78 is 68.7. The van der Waals surface area contributed by atoms with Gasteiger partial charge in [-0.15, -0.1) is 20.5 Å². The summed E-state index contributed by atoms with van der Waals surface area (Å²) in [4.78, 5) is 19.4. The number of hydrogen-bond acceptors (Lipinski definition) is 16. The second-order valence-electron chi connectivity index (χ2n) is 11.3. The standard InChI is InChI=1S/2C17H13N3O6S.Ba/c2*1-10-5-4-8-13(20(22)23)15(10)18-19-16-12-7-3-2-6-11(12)9-14(17(16)21)27(24,25)26;/h2*2-9,21H,1H3,(H,24,25,26);/q;;+2/p-2. The van der Waals surface area contributed by atoms with Crippen LogP contribution in [0.3, 0.4) is 0 Å². The molecular weight excluding hydrogens is 886 g/mol. The van der Waals surface area contributed by atoms with Gasteiger partial charge in [-0.3, -0.25) is 20.2 Å². The Morgan fingerprint density at radius 3 is 1.18 bits per heavy atom. The summed E-state index contributed by atoms with van der Waals surface area (Å²) >= 11 is 0. The first-order chi connectivity index (χ1) is 25.4. The van der Waals surface area contributed by atoms with E-state index in [4.69, 9.17) is 0 Å². The Kier molecular flexibility index (Phi) is 13.2. The van der Waals surface area contributed by atoms with Crippen molar-refractivity contribution in [2.45, 2.75) is 23.6 Å². The van der Waals surface area contributed by atoms with E-state index in [-0.39, 0.29) is 83.0 Å². The molecule has 0 spiro atoms. The number of nitro benzene ring substituents is 2. The molecule has 276 valence electrons. The van der Waals surface area contributed by atoms with Crippen LogP contribution in [0.15, 0.2) is 127 Å². The molecule has 6 aromatic carbocycles. The minimum absolute atomic E-state index is 0. The maximum absolute atomic E-state index is 11.4. The molecule has 18 nitrogen and oxygen atoms in total. The fourth-order valence-electron chi connectivity index (χ4n) is 5.21. The van der Waals surface area contributed by atoms with E-state index in [0.29, 0.717) is 32.7 Å². The molecule has 0 aliphatic carbocycles. The zero-order valence-corrected chi connectivity index (χ0v) is 34.5. The maximum Gasteiger partial charge on any atom is 2.00 e. The number of azo groups is 2. The Morgan fingerprint density at radius 1 is 0.527 bits per heavy atom. The van der Waals surface area contributed by atoms with Crippen molar-refractivity contribution in [1.29, 1.82) is 0 Å². The summed E-state index contributed by atoms with van der Waals surface area (Å²) in [6.07, 6.45) is 0. The number of aryl methyl sites for hydroxylation is 2. The molecule has 0 atom stereocenters. The molecule has 0 saturated carbocycles. The van der Waals surface area contributed by atoms with Crippen molar-refractivity contribution in [2.24, 2.45) is 20.5 Å². The van der Waals surface area contributed by atoms with E-state index in [1.54, 1.807) is 74.5 Å². The van der Waals surface area contributed by atoms with Gasteiger partial charge < -0.3 is 19.3 Å². The van der Waals surface area contributed by atoms with Crippen LogP contribution >= 0.6 is 0 Å². The molecule has 0 radical (unpaired) electrons. The second-order valence-corrected chi connectivity index (χ2v) is 14.0. The Bertz CT molecular complexity index is 2610. The van der Waals surface area contributed by atoms with E-state index in [9.17, 15) is 56.4 Å². The third kappa shape index (κ3) is 9.38. The Morgan fingerprint density at radius 2 is 0.855 bits per heavy atom. The van der Waals surface area contributed by atoms with Crippen LogP contribution in [0.2, 0.25) is 0 Å². The van der Waals surface area contributed by atoms with Gasteiger partial charge in [0, 0.05) is 22.9 Å². The van der Waals surface area contributed by atoms with Crippen LogP contribution < -0.4 is 0 Å². The molecule has 0 aliphatic heterocycles. The van der Waals surface area contributed by atoms with Crippen molar-refractivity contribution in [1.82, 2.24) is 0 Å². The fourth-order valence-corrected chi connectivity index (χ4v) is 6.42. The van der Waals surface area contributed by atoms with E-state index in [1.807, 2.05) is 0 Å². The van der Waals surface area contributed by atoms with Crippen molar-refractivity contribution in [2.75, 3.05) is 0 Å². The van der Waals surface area contributed by atoms with E-state index in [2.05, 4.69) is 20.5 Å². The van der Waals surface area contributed by atoms with Crippen LogP contribution in [-0.2, 0) is 20.2 Å². The zero-order valence-electron chi connectivity index (χ0n) is 28.4. The number of fused-ring (bicyclic) bond motifs is 2. The number of nitrogens with zero attached hydrogens (tertiary/aromatic N) is 6. The Balaban J connectivity index is 0.000000240. The molecule has 0 amide bonds. The van der Waals surface area contributed by atoms with Gasteiger partial charge in [-0.05, 0) is 47.9 Å². The molecule has 0 unspecified atom stereocenters. The van der Waals surface area contributed by atoms with Crippen LogP contribution in [0.4, 0.5) is 34.1 Å². The van der Waals surface area contributed by atoms with Crippen LogP contribution in [0, 0.1) is 34.1 Å². The molecule has 6 aromatic rings. The van der Waals surface area contributed by atoms with Gasteiger partial charge in [-0.1, -0.05) is 72.8 Å². The Hall–Kier alpha value is -5.17. The first kappa shape index (κ1) is 42.6. The summed E-state index contributed by atoms with van der Waals surface area (Å²) in [6, 6.07) is 23.4. The molecule has 6 rings (SSSR count). The van der Waals surface area contributed by atoms with Crippen LogP contribution in [0.1, 0.15) is 11.1 Å². The molecule has 0 aliphatic rings. The molecule has 2 N–H and O–H groups in total. The minimum atomic E-state index is -4.97. The van der Waals surface area contributed by atoms with Crippen molar-refractivity contribution in [3.05, 3.63) is 128 Å². The van der Waals surface area contributed by atoms with Gasteiger partial charge in [0.05, 0.1) is 19.6 Å². The molecule has 0 heterocycles. The monoisotopic (exact) mass is 910 g/mol. The summed E-state index contributed by atoms with van der Waals surface area (Å²) in [6.45, 7) is 3.19. The normalized spacial score (nSPS) is 11.7. The average Bonchev–Trinajstić information content (AvgIpc) is 3.10. The summed E-state index contributed by atoms with van der Waals surface area (Å²) in [5.74, 6) is -1.72. The largest absolute Gasteiger partial charge is 2.00 e. The van der Waals surface area contributed by atoms with Crippen molar-refractivity contribution < 1.29 is 46.0 Å². The van der Waals surface area contributed by atoms with E-state index in [1.165, 1.54) is 24.3 Å². The number of benzene rings is 6. The number of phenols is 2. The zero-order chi connectivity index (χ0) is 39.5. The Labute approximate surface area is 351 Å². The third-order valence-corrected chi connectivity index (χ3v) is 9.49. The maximum atomic E-state index is 11.4. The summed E-state index contributed by atoms with van der Waals surface area (Å²) in [7, 11) is -9.94. The van der Waals surface area contributed by atoms with Crippen molar-refractivity contribution in [3.8, 4) is 11.5 Å². The molecule has 0 aromatic heterocycles. The summed E-state index contributed by atoms with van der Waals surface area (Å²) in [5, 5.41) is 59.7. The van der Waals surface area contributed by atoms with Gasteiger partial charge in [-0.2, -0.15) is 0 Å². The number of phenolic OH excluding ortho intramolecular Hbond substituents is 2. The molecule has 21 heteroatoms. The quantitative estimate of drug-likeness (QED) is 0.0486. The topological polar surface area (TPSA) is 291 Å². The first-order valence-corrected chi connectivity index (χ1v) is 17.9. The molecule has 0 saturated heterocycles. The number of rotatable bonds is 8. The third-order valence-electron chi connectivity index (χ3n) is 7.79. The van der Waals surface area contributed by atoms with E-state index >= 15 is 0 Å². The summed E-state index contributed by atoms with van der Waals surface area (Å²) in [5.41, 5.74) is -0.276. The van der Waals surface area contributed by atoms with Gasteiger partial charge >= 0.3 is 48.9 Å². The van der Waals surface area contributed by atoms with E-state index < -0.39 is 51.4 Å². The van der Waals surface area contributed by atoms with Crippen molar-refractivity contribution >= 4 is 125 Å². The molecular formula is C34H24BaN6O12S2. The van der Waals surface area contributed by atoms with Crippen LogP contribution in [-0.4, -0.2) is 94.9 Å². The predicted octanol–water partition coefficient (Wildman–Crippen LogP) is 7.78. The number of hydrogen-bond donors (Lipinski definition) is 2. The first-order valence-electron chi connectivity index (χ1n) is 15.1. The fraction of sp³-hybridized carbons (Fsp3) is 0.0588. The second kappa shape index (κ2) is 17.1. The van der Waals surface area contributed by atoms with Gasteiger partial charge in [0.2, 0.25) is 0 Å². The molecule has 55 heavy (non-hydrogen) atoms. The minimum Gasteiger partial charge on any atom is -0.744 e. The SMILES string of the molecule is Cc1cccc([N+](=O)[O-])c1N=Nc1c(O)c(S(=O)(=O)[O-])cc2ccccc12.Cc1cccc([N+](=O)[O-])c1N=Nc1c(O)c(S(=O)(=O)[O-])cc2ccccc12.[Ba+2]. The average molecular weight is 910 g/mol. The van der Waals surface area contributed by atoms with E-state index in [0.717, 1.165) is 12.1 Å². The predicted molar refractivity (Wildman–Crippen MR) is 197 cm³/mol. The van der Waals surface area contributed by atoms with Gasteiger partial charge in [0.25, 0.3) is 11.4 Å². The molecule has 0 fully saturated rings. The van der Waals surface area contributed by atoms with Gasteiger partial charge in [0.1, 0.15) is 31.6 Å². The van der Waals surface area contributed by atoms with Gasteiger partial charge in [0.15, 0.2) is 22.9 Å². The van der Waals surface area contributed by atoms with Gasteiger partial charge in [-0.25, -0.2) is 16.8 Å². The number of nitro groups is 2. The van der Waals surface area contributed by atoms with Crippen LogP contribution in [0.5, 0.6) is 11.5 Å². The van der Waals surface area contributed by atoms with Crippen molar-refractivity contribution in [3.63, 3.8) is 0 Å². The van der Waals surface area contributed by atoms with Crippen LogP contribution in [0.25, 0.3) is 21.5 Å².